The van der Waals surface area contributed by atoms with Crippen LogP contribution in [-0.2, 0) is 11.3 Å². The fraction of sp³-hybridized carbons (Fsp3) is 0.238. The molecule has 0 N–H and O–H groups in total. The first kappa shape index (κ1) is 19.9. The fourth-order valence-electron chi connectivity index (χ4n) is 2.81. The third kappa shape index (κ3) is 4.20. The molecule has 146 valence electrons. The molecule has 0 aliphatic rings. The van der Waals surface area contributed by atoms with E-state index < -0.39 is 11.6 Å². The van der Waals surface area contributed by atoms with Gasteiger partial charge in [-0.05, 0) is 53.5 Å². The van der Waals surface area contributed by atoms with Crippen molar-refractivity contribution in [1.29, 1.82) is 0 Å². The monoisotopic (exact) mass is 446 g/mol. The van der Waals surface area contributed by atoms with Crippen molar-refractivity contribution in [2.45, 2.75) is 20.5 Å². The van der Waals surface area contributed by atoms with Crippen LogP contribution in [0.15, 0.2) is 50.1 Å². The molecule has 3 aromatic rings. The molecule has 7 heteroatoms. The zero-order valence-electron chi connectivity index (χ0n) is 15.7. The number of aryl methyl sites for hydroxylation is 1. The molecule has 0 aliphatic carbocycles. The van der Waals surface area contributed by atoms with Gasteiger partial charge in [0.1, 0.15) is 12.2 Å². The van der Waals surface area contributed by atoms with Gasteiger partial charge in [-0.2, -0.15) is 0 Å². The van der Waals surface area contributed by atoms with Crippen LogP contribution in [0, 0.1) is 6.92 Å². The van der Waals surface area contributed by atoms with E-state index in [1.165, 1.54) is 13.2 Å². The van der Waals surface area contributed by atoms with Gasteiger partial charge in [0.25, 0.3) is 0 Å². The number of rotatable bonds is 6. The topological polar surface area (TPSA) is 75.0 Å². The van der Waals surface area contributed by atoms with E-state index in [1.54, 1.807) is 18.2 Å². The minimum atomic E-state index is -0.546. The predicted octanol–water partition coefficient (Wildman–Crippen LogP) is 4.63. The third-order valence-electron chi connectivity index (χ3n) is 4.10. The van der Waals surface area contributed by atoms with E-state index >= 15 is 0 Å². The molecule has 0 aliphatic heterocycles. The Balaban J connectivity index is 1.86. The Labute approximate surface area is 170 Å². The summed E-state index contributed by atoms with van der Waals surface area (Å²) >= 11 is 3.39. The van der Waals surface area contributed by atoms with Crippen molar-refractivity contribution in [2.75, 3.05) is 13.7 Å². The molecule has 1 heterocycles. The molecular weight excluding hydrogens is 428 g/mol. The molecule has 0 amide bonds. The minimum absolute atomic E-state index is 0.0584. The SMILES string of the molecule is CCOc1c(Br)cc(C(=O)OCc2cc(=O)oc3cc(C)ccc23)cc1OC. The summed E-state index contributed by atoms with van der Waals surface area (Å²) in [6, 6.07) is 10.0. The zero-order chi connectivity index (χ0) is 20.3. The number of hydrogen-bond donors (Lipinski definition) is 0. The quantitative estimate of drug-likeness (QED) is 0.405. The first-order valence-corrected chi connectivity index (χ1v) is 9.43. The maximum Gasteiger partial charge on any atom is 0.338 e. The molecule has 28 heavy (non-hydrogen) atoms. The van der Waals surface area contributed by atoms with E-state index in [2.05, 4.69) is 15.9 Å². The maximum atomic E-state index is 12.5. The molecule has 2 aromatic carbocycles. The minimum Gasteiger partial charge on any atom is -0.493 e. The molecule has 0 fully saturated rings. The average molecular weight is 447 g/mol. The van der Waals surface area contributed by atoms with Crippen LogP contribution in [0.5, 0.6) is 11.5 Å². The van der Waals surface area contributed by atoms with Crippen LogP contribution in [0.4, 0.5) is 0 Å². The molecular formula is C21H19BrO6. The van der Waals surface area contributed by atoms with Crippen LogP contribution in [-0.4, -0.2) is 19.7 Å². The number of halogens is 1. The number of hydrogen-bond acceptors (Lipinski definition) is 6. The lowest BCUT2D eigenvalue weighted by atomic mass is 10.1. The second-order valence-corrected chi connectivity index (χ2v) is 6.94. The Kier molecular flexibility index (Phi) is 6.04. The van der Waals surface area contributed by atoms with Crippen molar-refractivity contribution in [3.8, 4) is 11.5 Å². The molecule has 0 unspecified atom stereocenters. The molecule has 3 rings (SSSR count). The summed E-state index contributed by atoms with van der Waals surface area (Å²) in [7, 11) is 1.50. The van der Waals surface area contributed by atoms with Gasteiger partial charge in [-0.3, -0.25) is 0 Å². The lowest BCUT2D eigenvalue weighted by molar-refractivity contribution is 0.0473. The predicted molar refractivity (Wildman–Crippen MR) is 108 cm³/mol. The highest BCUT2D eigenvalue weighted by Crippen LogP contribution is 2.37. The van der Waals surface area contributed by atoms with Crippen LogP contribution in [0.1, 0.15) is 28.4 Å². The summed E-state index contributed by atoms with van der Waals surface area (Å²) in [4.78, 5) is 24.4. The zero-order valence-corrected chi connectivity index (χ0v) is 17.3. The number of benzene rings is 2. The van der Waals surface area contributed by atoms with Gasteiger partial charge in [0.15, 0.2) is 11.5 Å². The summed E-state index contributed by atoms with van der Waals surface area (Å²) in [6.07, 6.45) is 0. The summed E-state index contributed by atoms with van der Waals surface area (Å²) in [5.74, 6) is 0.392. The van der Waals surface area contributed by atoms with Crippen LogP contribution >= 0.6 is 15.9 Å². The summed E-state index contributed by atoms with van der Waals surface area (Å²) < 4.78 is 22.1. The number of ether oxygens (including phenoxy) is 3. The van der Waals surface area contributed by atoms with Crippen molar-refractivity contribution in [3.63, 3.8) is 0 Å². The number of carbonyl (C=O) groups excluding carboxylic acids is 1. The molecule has 1 aromatic heterocycles. The summed E-state index contributed by atoms with van der Waals surface area (Å²) in [5, 5.41) is 0.725. The van der Waals surface area contributed by atoms with Gasteiger partial charge in [0.2, 0.25) is 0 Å². The highest BCUT2D eigenvalue weighted by atomic mass is 79.9. The van der Waals surface area contributed by atoms with Crippen LogP contribution < -0.4 is 15.1 Å². The fourth-order valence-corrected chi connectivity index (χ4v) is 3.36. The van der Waals surface area contributed by atoms with Gasteiger partial charge < -0.3 is 18.6 Å². The van der Waals surface area contributed by atoms with E-state index in [0.29, 0.717) is 39.3 Å². The van der Waals surface area contributed by atoms with Crippen LogP contribution in [0.25, 0.3) is 11.0 Å². The number of carbonyl (C=O) groups is 1. The lowest BCUT2D eigenvalue weighted by Gasteiger charge is -2.13. The van der Waals surface area contributed by atoms with Crippen LogP contribution in [0.2, 0.25) is 0 Å². The van der Waals surface area contributed by atoms with Gasteiger partial charge in [-0.1, -0.05) is 12.1 Å². The first-order chi connectivity index (χ1) is 13.4. The van der Waals surface area contributed by atoms with E-state index in [4.69, 9.17) is 18.6 Å². The van der Waals surface area contributed by atoms with Crippen molar-refractivity contribution in [3.05, 3.63) is 68.0 Å². The summed E-state index contributed by atoms with van der Waals surface area (Å²) in [6.45, 7) is 4.17. The number of fused-ring (bicyclic) bond motifs is 1. The molecule has 0 saturated carbocycles. The van der Waals surface area contributed by atoms with Crippen molar-refractivity contribution in [2.24, 2.45) is 0 Å². The van der Waals surface area contributed by atoms with Gasteiger partial charge in [-0.25, -0.2) is 9.59 Å². The van der Waals surface area contributed by atoms with Crippen molar-refractivity contribution < 1.29 is 23.4 Å². The van der Waals surface area contributed by atoms with Crippen molar-refractivity contribution in [1.82, 2.24) is 0 Å². The van der Waals surface area contributed by atoms with E-state index in [1.807, 2.05) is 26.0 Å². The molecule has 0 radical (unpaired) electrons. The number of esters is 1. The molecule has 0 atom stereocenters. The van der Waals surface area contributed by atoms with Crippen molar-refractivity contribution >= 4 is 32.9 Å². The molecule has 0 spiro atoms. The smallest absolute Gasteiger partial charge is 0.338 e. The second kappa shape index (κ2) is 8.48. The second-order valence-electron chi connectivity index (χ2n) is 6.09. The Morgan fingerprint density at radius 2 is 1.96 bits per heavy atom. The molecule has 0 saturated heterocycles. The summed E-state index contributed by atoms with van der Waals surface area (Å²) in [5.41, 5.74) is 1.82. The third-order valence-corrected chi connectivity index (χ3v) is 4.69. The van der Waals surface area contributed by atoms with Gasteiger partial charge in [0.05, 0.1) is 23.8 Å². The Bertz CT molecular complexity index is 1090. The van der Waals surface area contributed by atoms with Gasteiger partial charge in [0, 0.05) is 17.0 Å². The van der Waals surface area contributed by atoms with Gasteiger partial charge in [-0.15, -0.1) is 0 Å². The Morgan fingerprint density at radius 1 is 1.18 bits per heavy atom. The highest BCUT2D eigenvalue weighted by Gasteiger charge is 2.17. The molecule has 0 bridgehead atoms. The van der Waals surface area contributed by atoms with E-state index in [0.717, 1.165) is 10.9 Å². The first-order valence-electron chi connectivity index (χ1n) is 8.63. The van der Waals surface area contributed by atoms with E-state index in [-0.39, 0.29) is 6.61 Å². The Hall–Kier alpha value is -2.80. The molecule has 6 nitrogen and oxygen atoms in total. The van der Waals surface area contributed by atoms with Crippen LogP contribution in [0.3, 0.4) is 0 Å². The largest absolute Gasteiger partial charge is 0.493 e. The van der Waals surface area contributed by atoms with Gasteiger partial charge >= 0.3 is 11.6 Å². The normalized spacial score (nSPS) is 10.7. The average Bonchev–Trinajstić information content (AvgIpc) is 2.66. The Morgan fingerprint density at radius 3 is 2.68 bits per heavy atom. The standard InChI is InChI=1S/C21H19BrO6/c1-4-26-20-16(22)8-13(9-18(20)25-3)21(24)27-11-14-10-19(23)28-17-7-12(2)5-6-15(14)17/h5-10H,4,11H2,1-3H3. The number of methoxy groups -OCH3 is 1. The maximum absolute atomic E-state index is 12.5. The highest BCUT2D eigenvalue weighted by molar-refractivity contribution is 9.10. The van der Waals surface area contributed by atoms with E-state index in [9.17, 15) is 9.59 Å². The lowest BCUT2D eigenvalue weighted by Crippen LogP contribution is -2.09.